The Hall–Kier alpha value is -3.00. The van der Waals surface area contributed by atoms with Crippen LogP contribution >= 0.6 is 0 Å². The number of nitrogens with one attached hydrogen (secondary N) is 2. The molecule has 2 aromatic rings. The van der Waals surface area contributed by atoms with E-state index in [4.69, 9.17) is 5.21 Å². The lowest BCUT2D eigenvalue weighted by Crippen LogP contribution is -2.30. The van der Waals surface area contributed by atoms with Crippen LogP contribution in [0.1, 0.15) is 52.0 Å². The third-order valence-corrected chi connectivity index (χ3v) is 5.52. The molecule has 2 aromatic carbocycles. The number of hydrogen-bond acceptors (Lipinski definition) is 5. The molecule has 0 aliphatic heterocycles. The maximum absolute atomic E-state index is 12.0. The molecule has 3 rings (SSSR count). The molecule has 0 bridgehead atoms. The summed E-state index contributed by atoms with van der Waals surface area (Å²) in [7, 11) is 0. The van der Waals surface area contributed by atoms with Gasteiger partial charge in [-0.3, -0.25) is 19.7 Å². The van der Waals surface area contributed by atoms with Gasteiger partial charge >= 0.3 is 0 Å². The van der Waals surface area contributed by atoms with Gasteiger partial charge in [0, 0.05) is 37.3 Å². The van der Waals surface area contributed by atoms with E-state index in [0.717, 1.165) is 24.0 Å². The Balaban J connectivity index is 1.74. The fourth-order valence-corrected chi connectivity index (χ4v) is 4.04. The zero-order valence-electron chi connectivity index (χ0n) is 17.7. The van der Waals surface area contributed by atoms with Gasteiger partial charge in [0.1, 0.15) is 0 Å². The highest BCUT2D eigenvalue weighted by molar-refractivity contribution is 5.94. The van der Waals surface area contributed by atoms with E-state index in [9.17, 15) is 14.7 Å². The third kappa shape index (κ3) is 5.79. The number of carbonyl (C=O) groups is 2. The molecule has 0 heterocycles. The Morgan fingerprint density at radius 1 is 1.19 bits per heavy atom. The molecular formula is C24H29N3O4. The van der Waals surface area contributed by atoms with Crippen LogP contribution in [0.3, 0.4) is 0 Å². The van der Waals surface area contributed by atoms with Crippen molar-refractivity contribution >= 4 is 17.9 Å². The smallest absolute Gasteiger partial charge is 0.267 e. The second-order valence-corrected chi connectivity index (χ2v) is 7.57. The first-order valence-corrected chi connectivity index (χ1v) is 10.5. The lowest BCUT2D eigenvalue weighted by molar-refractivity contribution is -0.124. The predicted octanol–water partition coefficient (Wildman–Crippen LogP) is 2.44. The minimum atomic E-state index is -0.564. The summed E-state index contributed by atoms with van der Waals surface area (Å²) in [6.45, 7) is 3.79. The van der Waals surface area contributed by atoms with Crippen LogP contribution in [0.4, 0.5) is 0 Å². The summed E-state index contributed by atoms with van der Waals surface area (Å²) >= 11 is 0. The summed E-state index contributed by atoms with van der Waals surface area (Å²) in [5, 5.41) is 21.0. The van der Waals surface area contributed by atoms with Crippen LogP contribution in [0.5, 0.6) is 0 Å². The van der Waals surface area contributed by atoms with Gasteiger partial charge < -0.3 is 10.4 Å². The van der Waals surface area contributed by atoms with Gasteiger partial charge in [-0.1, -0.05) is 30.3 Å². The van der Waals surface area contributed by atoms with Gasteiger partial charge in [0.25, 0.3) is 11.8 Å². The van der Waals surface area contributed by atoms with Crippen molar-refractivity contribution in [1.29, 1.82) is 0 Å². The molecule has 7 nitrogen and oxygen atoms in total. The number of aliphatic hydroxyl groups is 1. The van der Waals surface area contributed by atoms with Crippen LogP contribution in [0, 0.1) is 0 Å². The predicted molar refractivity (Wildman–Crippen MR) is 118 cm³/mol. The van der Waals surface area contributed by atoms with Crippen molar-refractivity contribution in [2.24, 2.45) is 0 Å². The molecule has 1 aliphatic rings. The molecule has 0 fully saturated rings. The molecule has 31 heavy (non-hydrogen) atoms. The van der Waals surface area contributed by atoms with Gasteiger partial charge in [0.05, 0.1) is 6.61 Å². The molecule has 2 amide bonds. The topological polar surface area (TPSA) is 102 Å². The first-order chi connectivity index (χ1) is 15.0. The van der Waals surface area contributed by atoms with Crippen molar-refractivity contribution in [2.45, 2.75) is 32.4 Å². The van der Waals surface area contributed by atoms with Crippen molar-refractivity contribution in [2.75, 3.05) is 19.7 Å². The monoisotopic (exact) mass is 423 g/mol. The van der Waals surface area contributed by atoms with Gasteiger partial charge in [-0.2, -0.15) is 0 Å². The quantitative estimate of drug-likeness (QED) is 0.282. The number of fused-ring (bicyclic) bond motifs is 1. The number of aliphatic hydroxyl groups excluding tert-OH is 1. The van der Waals surface area contributed by atoms with Crippen LogP contribution in [-0.2, 0) is 17.8 Å². The zero-order valence-corrected chi connectivity index (χ0v) is 17.7. The van der Waals surface area contributed by atoms with E-state index in [1.165, 1.54) is 17.2 Å². The number of aryl methyl sites for hydroxylation is 1. The standard InChI is InChI=1S/C24H29N3O4/c1-2-25-24(30)19-7-3-18(4-8-19)16-27(13-14-28)22-11-9-20-15-17(5-10-21(20)22)6-12-23(29)26-31/h3-8,10,12,15,22,28,31H,2,9,11,13-14,16H2,1H3,(H,25,30)(H,26,29). The second kappa shape index (κ2) is 10.9. The number of nitrogens with zero attached hydrogens (tertiary/aromatic N) is 1. The maximum Gasteiger partial charge on any atom is 0.267 e. The summed E-state index contributed by atoms with van der Waals surface area (Å²) in [6, 6.07) is 13.9. The molecule has 0 spiro atoms. The van der Waals surface area contributed by atoms with Gasteiger partial charge in [0.2, 0.25) is 0 Å². The number of hydroxylamine groups is 1. The number of rotatable bonds is 9. The first kappa shape index (κ1) is 22.7. The van der Waals surface area contributed by atoms with Crippen LogP contribution in [-0.4, -0.2) is 46.7 Å². The average Bonchev–Trinajstić information content (AvgIpc) is 3.21. The van der Waals surface area contributed by atoms with Gasteiger partial charge in [-0.05, 0) is 60.2 Å². The van der Waals surface area contributed by atoms with Crippen LogP contribution in [0.15, 0.2) is 48.5 Å². The van der Waals surface area contributed by atoms with E-state index in [1.807, 2.05) is 37.3 Å². The summed E-state index contributed by atoms with van der Waals surface area (Å²) in [5.41, 5.74) is 6.67. The minimum absolute atomic E-state index is 0.0694. The van der Waals surface area contributed by atoms with Crippen molar-refractivity contribution in [3.8, 4) is 0 Å². The Morgan fingerprint density at radius 2 is 1.97 bits per heavy atom. The normalized spacial score (nSPS) is 15.3. The lowest BCUT2D eigenvalue weighted by Gasteiger charge is -2.29. The third-order valence-electron chi connectivity index (χ3n) is 5.52. The van der Waals surface area contributed by atoms with Crippen molar-refractivity contribution in [1.82, 2.24) is 15.7 Å². The summed E-state index contributed by atoms with van der Waals surface area (Å²) in [5.74, 6) is -0.641. The van der Waals surface area contributed by atoms with E-state index in [0.29, 0.717) is 25.2 Å². The highest BCUT2D eigenvalue weighted by Crippen LogP contribution is 2.37. The van der Waals surface area contributed by atoms with Crippen molar-refractivity contribution in [3.63, 3.8) is 0 Å². The van der Waals surface area contributed by atoms with Crippen LogP contribution in [0.2, 0.25) is 0 Å². The SMILES string of the molecule is CCNC(=O)c1ccc(CN(CCO)C2CCc3cc(C=CC(=O)NO)ccc32)cc1. The van der Waals surface area contributed by atoms with Gasteiger partial charge in [-0.25, -0.2) is 5.48 Å². The molecule has 0 saturated heterocycles. The number of benzene rings is 2. The summed E-state index contributed by atoms with van der Waals surface area (Å²) < 4.78 is 0. The van der Waals surface area contributed by atoms with E-state index in [2.05, 4.69) is 22.3 Å². The molecule has 0 radical (unpaired) electrons. The largest absolute Gasteiger partial charge is 0.395 e. The minimum Gasteiger partial charge on any atom is -0.395 e. The van der Waals surface area contributed by atoms with Crippen LogP contribution < -0.4 is 10.8 Å². The number of hydrogen-bond donors (Lipinski definition) is 4. The Morgan fingerprint density at radius 3 is 2.65 bits per heavy atom. The Kier molecular flexibility index (Phi) is 7.94. The lowest BCUT2D eigenvalue weighted by atomic mass is 10.0. The van der Waals surface area contributed by atoms with Crippen molar-refractivity contribution < 1.29 is 19.9 Å². The van der Waals surface area contributed by atoms with Gasteiger partial charge in [0.15, 0.2) is 0 Å². The van der Waals surface area contributed by atoms with Gasteiger partial charge in [-0.15, -0.1) is 0 Å². The molecule has 1 aliphatic carbocycles. The second-order valence-electron chi connectivity index (χ2n) is 7.57. The highest BCUT2D eigenvalue weighted by atomic mass is 16.5. The maximum atomic E-state index is 12.0. The van der Waals surface area contributed by atoms with E-state index in [-0.39, 0.29) is 18.6 Å². The number of carbonyl (C=O) groups excluding carboxylic acids is 2. The Bertz CT molecular complexity index is 940. The first-order valence-electron chi connectivity index (χ1n) is 10.5. The molecular weight excluding hydrogens is 394 g/mol. The molecule has 0 saturated carbocycles. The average molecular weight is 424 g/mol. The van der Waals surface area contributed by atoms with E-state index < -0.39 is 5.91 Å². The molecule has 7 heteroatoms. The molecule has 1 atom stereocenters. The van der Waals surface area contributed by atoms with Crippen molar-refractivity contribution in [3.05, 3.63) is 76.4 Å². The Labute approximate surface area is 182 Å². The zero-order chi connectivity index (χ0) is 22.2. The molecule has 1 unspecified atom stereocenters. The van der Waals surface area contributed by atoms with Crippen LogP contribution in [0.25, 0.3) is 6.08 Å². The molecule has 4 N–H and O–H groups in total. The summed E-state index contributed by atoms with van der Waals surface area (Å²) in [6.07, 6.45) is 4.83. The summed E-state index contributed by atoms with van der Waals surface area (Å²) in [4.78, 5) is 25.4. The van der Waals surface area contributed by atoms with E-state index >= 15 is 0 Å². The highest BCUT2D eigenvalue weighted by Gasteiger charge is 2.27. The van der Waals surface area contributed by atoms with E-state index in [1.54, 1.807) is 11.6 Å². The fraction of sp³-hybridized carbons (Fsp3) is 0.333. The molecule has 164 valence electrons. The molecule has 0 aromatic heterocycles. The fourth-order valence-electron chi connectivity index (χ4n) is 4.04. The number of amides is 2.